The summed E-state index contributed by atoms with van der Waals surface area (Å²) < 4.78 is 5.56. The van der Waals surface area contributed by atoms with Gasteiger partial charge in [0.2, 0.25) is 0 Å². The van der Waals surface area contributed by atoms with Crippen LogP contribution in [-0.4, -0.2) is 13.2 Å². The lowest BCUT2D eigenvalue weighted by atomic mass is 10.0. The molecule has 0 spiro atoms. The van der Waals surface area contributed by atoms with Crippen molar-refractivity contribution in [2.45, 2.75) is 32.7 Å². The second kappa shape index (κ2) is 6.51. The Bertz CT molecular complexity index is 326. The van der Waals surface area contributed by atoms with E-state index in [9.17, 15) is 0 Å². The third-order valence-electron chi connectivity index (χ3n) is 2.57. The first-order chi connectivity index (χ1) is 7.72. The zero-order valence-electron chi connectivity index (χ0n) is 10.2. The molecule has 90 valence electrons. The third kappa shape index (κ3) is 3.22. The largest absolute Gasteiger partial charge is 0.494 e. The van der Waals surface area contributed by atoms with Crippen molar-refractivity contribution in [2.75, 3.05) is 13.2 Å². The molecule has 3 heteroatoms. The van der Waals surface area contributed by atoms with Gasteiger partial charge in [-0.05, 0) is 25.0 Å². The van der Waals surface area contributed by atoms with Gasteiger partial charge in [-0.2, -0.15) is 0 Å². The highest BCUT2D eigenvalue weighted by atomic mass is 16.5. The molecule has 16 heavy (non-hydrogen) atoms. The van der Waals surface area contributed by atoms with Crippen molar-refractivity contribution in [3.8, 4) is 5.75 Å². The molecule has 1 rings (SSSR count). The van der Waals surface area contributed by atoms with Crippen molar-refractivity contribution < 1.29 is 4.74 Å². The molecule has 0 aliphatic carbocycles. The Balaban J connectivity index is 3.00. The van der Waals surface area contributed by atoms with E-state index >= 15 is 0 Å². The summed E-state index contributed by atoms with van der Waals surface area (Å²) in [6, 6.07) is 6.07. The molecule has 1 aromatic carbocycles. The van der Waals surface area contributed by atoms with E-state index in [1.165, 1.54) is 5.56 Å². The molecular formula is C13H22N2O. The number of ether oxygens (including phenoxy) is 1. The smallest absolute Gasteiger partial charge is 0.124 e. The van der Waals surface area contributed by atoms with Gasteiger partial charge in [-0.3, -0.25) is 0 Å². The second-order valence-electron chi connectivity index (χ2n) is 3.90. The van der Waals surface area contributed by atoms with Gasteiger partial charge < -0.3 is 16.2 Å². The fraction of sp³-hybridized carbons (Fsp3) is 0.538. The molecule has 0 saturated carbocycles. The fourth-order valence-corrected chi connectivity index (χ4v) is 1.75. The van der Waals surface area contributed by atoms with Crippen LogP contribution in [0.25, 0.3) is 0 Å². The van der Waals surface area contributed by atoms with Gasteiger partial charge in [-0.25, -0.2) is 0 Å². The van der Waals surface area contributed by atoms with Gasteiger partial charge in [0.15, 0.2) is 0 Å². The first-order valence-electron chi connectivity index (χ1n) is 5.94. The summed E-state index contributed by atoms with van der Waals surface area (Å²) in [6.07, 6.45) is 2.20. The maximum absolute atomic E-state index is 5.99. The number of nitrogens with two attached hydrogens (primary N) is 2. The normalized spacial score (nSPS) is 12.5. The van der Waals surface area contributed by atoms with Crippen LogP contribution < -0.4 is 16.2 Å². The van der Waals surface area contributed by atoms with Crippen LogP contribution in [0.4, 0.5) is 0 Å². The van der Waals surface area contributed by atoms with E-state index < -0.39 is 0 Å². The molecule has 1 atom stereocenters. The molecular weight excluding hydrogens is 200 g/mol. The van der Waals surface area contributed by atoms with E-state index in [0.29, 0.717) is 13.2 Å². The molecule has 4 N–H and O–H groups in total. The summed E-state index contributed by atoms with van der Waals surface area (Å²) >= 11 is 0. The van der Waals surface area contributed by atoms with E-state index in [1.54, 1.807) is 0 Å². The quantitative estimate of drug-likeness (QED) is 0.774. The molecule has 0 aromatic heterocycles. The Morgan fingerprint density at radius 3 is 2.62 bits per heavy atom. The minimum Gasteiger partial charge on any atom is -0.494 e. The molecule has 0 bridgehead atoms. The van der Waals surface area contributed by atoms with E-state index in [-0.39, 0.29) is 6.04 Å². The number of rotatable bonds is 6. The van der Waals surface area contributed by atoms with Gasteiger partial charge in [0.25, 0.3) is 0 Å². The average Bonchev–Trinajstić information content (AvgIpc) is 2.31. The van der Waals surface area contributed by atoms with Crippen LogP contribution in [-0.2, 0) is 6.42 Å². The van der Waals surface area contributed by atoms with Gasteiger partial charge in [-0.1, -0.05) is 25.5 Å². The lowest BCUT2D eigenvalue weighted by molar-refractivity contribution is 0.334. The highest BCUT2D eigenvalue weighted by Crippen LogP contribution is 2.25. The van der Waals surface area contributed by atoms with Gasteiger partial charge in [0.1, 0.15) is 5.75 Å². The zero-order chi connectivity index (χ0) is 12.0. The van der Waals surface area contributed by atoms with E-state index in [4.69, 9.17) is 16.2 Å². The molecule has 0 amide bonds. The summed E-state index contributed by atoms with van der Waals surface area (Å²) in [6.45, 7) is 5.23. The van der Waals surface area contributed by atoms with Crippen LogP contribution in [0.5, 0.6) is 5.75 Å². The monoisotopic (exact) mass is 222 g/mol. The van der Waals surface area contributed by atoms with Crippen molar-refractivity contribution in [3.63, 3.8) is 0 Å². The molecule has 1 aromatic rings. The maximum Gasteiger partial charge on any atom is 0.124 e. The Hall–Kier alpha value is -1.06. The van der Waals surface area contributed by atoms with E-state index in [0.717, 1.165) is 24.2 Å². The molecule has 0 saturated heterocycles. The SMILES string of the molecule is CCCc1ccc(OCC)c(C(N)CN)c1. The van der Waals surface area contributed by atoms with Gasteiger partial charge in [0, 0.05) is 18.2 Å². The van der Waals surface area contributed by atoms with Crippen LogP contribution in [0, 0.1) is 0 Å². The lowest BCUT2D eigenvalue weighted by Crippen LogP contribution is -2.21. The predicted molar refractivity (Wildman–Crippen MR) is 67.6 cm³/mol. The Kier molecular flexibility index (Phi) is 5.29. The van der Waals surface area contributed by atoms with Crippen molar-refractivity contribution >= 4 is 0 Å². The van der Waals surface area contributed by atoms with Crippen molar-refractivity contribution in [3.05, 3.63) is 29.3 Å². The Morgan fingerprint density at radius 2 is 2.06 bits per heavy atom. The van der Waals surface area contributed by atoms with Crippen molar-refractivity contribution in [1.82, 2.24) is 0 Å². The highest BCUT2D eigenvalue weighted by Gasteiger charge is 2.11. The van der Waals surface area contributed by atoms with Gasteiger partial charge in [-0.15, -0.1) is 0 Å². The number of hydrogen-bond donors (Lipinski definition) is 2. The van der Waals surface area contributed by atoms with E-state index in [1.807, 2.05) is 13.0 Å². The van der Waals surface area contributed by atoms with Crippen molar-refractivity contribution in [1.29, 1.82) is 0 Å². The standard InChI is InChI=1S/C13H22N2O/c1-3-5-10-6-7-13(16-4-2)11(8-10)12(15)9-14/h6-8,12H,3-5,9,14-15H2,1-2H3. The van der Waals surface area contributed by atoms with Crippen LogP contribution in [0.15, 0.2) is 18.2 Å². The number of aryl methyl sites for hydroxylation is 1. The number of hydrogen-bond acceptors (Lipinski definition) is 3. The molecule has 1 unspecified atom stereocenters. The molecule has 0 aliphatic heterocycles. The van der Waals surface area contributed by atoms with Gasteiger partial charge >= 0.3 is 0 Å². The Morgan fingerprint density at radius 1 is 1.31 bits per heavy atom. The van der Waals surface area contributed by atoms with Gasteiger partial charge in [0.05, 0.1) is 6.61 Å². The Labute approximate surface area is 97.8 Å². The molecule has 0 heterocycles. The van der Waals surface area contributed by atoms with E-state index in [2.05, 4.69) is 19.1 Å². The molecule has 0 radical (unpaired) electrons. The summed E-state index contributed by atoms with van der Waals surface area (Å²) in [5.41, 5.74) is 13.9. The van der Waals surface area contributed by atoms with Crippen molar-refractivity contribution in [2.24, 2.45) is 11.5 Å². The summed E-state index contributed by atoms with van der Waals surface area (Å²) in [5.74, 6) is 0.861. The average molecular weight is 222 g/mol. The second-order valence-corrected chi connectivity index (χ2v) is 3.90. The third-order valence-corrected chi connectivity index (χ3v) is 2.57. The minimum absolute atomic E-state index is 0.140. The summed E-state index contributed by atoms with van der Waals surface area (Å²) in [4.78, 5) is 0. The number of benzene rings is 1. The lowest BCUT2D eigenvalue weighted by Gasteiger charge is -2.16. The molecule has 0 fully saturated rings. The van der Waals surface area contributed by atoms with Crippen LogP contribution in [0.1, 0.15) is 37.4 Å². The fourth-order valence-electron chi connectivity index (χ4n) is 1.75. The topological polar surface area (TPSA) is 61.3 Å². The first-order valence-corrected chi connectivity index (χ1v) is 5.94. The van der Waals surface area contributed by atoms with Crippen LogP contribution >= 0.6 is 0 Å². The maximum atomic E-state index is 5.99. The first kappa shape index (κ1) is 13.0. The molecule has 3 nitrogen and oxygen atoms in total. The van der Waals surface area contributed by atoms with Crippen LogP contribution in [0.3, 0.4) is 0 Å². The summed E-state index contributed by atoms with van der Waals surface area (Å²) in [7, 11) is 0. The van der Waals surface area contributed by atoms with Crippen LogP contribution in [0.2, 0.25) is 0 Å². The highest BCUT2D eigenvalue weighted by molar-refractivity contribution is 5.39. The molecule has 0 aliphatic rings. The minimum atomic E-state index is -0.140. The predicted octanol–water partition coefficient (Wildman–Crippen LogP) is 2.00. The summed E-state index contributed by atoms with van der Waals surface area (Å²) in [5, 5.41) is 0. The zero-order valence-corrected chi connectivity index (χ0v) is 10.2.